The van der Waals surface area contributed by atoms with Gasteiger partial charge in [-0.15, -0.1) is 25.4 Å². The molecule has 32 heteroatoms. The number of fused-ring (bicyclic) bond motifs is 2. The number of benzene rings is 2. The number of alkyl halides is 4. The number of tetrazole rings is 2. The number of aromatic nitrogens is 18. The highest BCUT2D eigenvalue weighted by Crippen LogP contribution is 2.42. The number of nitrogens with two attached hydrogens (primary N) is 1. The van der Waals surface area contributed by atoms with Gasteiger partial charge in [-0.25, -0.2) is 37.5 Å². The van der Waals surface area contributed by atoms with Crippen LogP contribution in [-0.4, -0.2) is 117 Å². The van der Waals surface area contributed by atoms with Crippen LogP contribution in [0.2, 0.25) is 5.15 Å². The molecule has 89 heavy (non-hydrogen) atoms. The van der Waals surface area contributed by atoms with E-state index in [2.05, 4.69) is 86.0 Å². The van der Waals surface area contributed by atoms with Gasteiger partial charge in [0.2, 0.25) is 17.5 Å². The Bertz CT molecular complexity index is 4260. The smallest absolute Gasteiger partial charge is 0.295 e. The van der Waals surface area contributed by atoms with Crippen LogP contribution < -0.4 is 25.8 Å². The zero-order valence-electron chi connectivity index (χ0n) is 48.4. The molecular weight excluding hydrogens is 1180 g/mol. The molecule has 2 aromatic carbocycles. The van der Waals surface area contributed by atoms with E-state index in [1.165, 1.54) is 39.0 Å². The molecule has 10 heterocycles. The topological polar surface area (TPSA) is 296 Å². The number of hydrogen-bond donors (Lipinski definition) is 3. The van der Waals surface area contributed by atoms with Crippen LogP contribution in [0.1, 0.15) is 111 Å². The van der Waals surface area contributed by atoms with Crippen LogP contribution >= 0.6 is 11.6 Å². The summed E-state index contributed by atoms with van der Waals surface area (Å²) in [5.74, 6) is 1.58. The van der Waals surface area contributed by atoms with Crippen molar-refractivity contribution in [2.75, 3.05) is 43.8 Å². The Morgan fingerprint density at radius 1 is 0.652 bits per heavy atom. The molecule has 0 radical (unpaired) electrons. The van der Waals surface area contributed by atoms with Gasteiger partial charge in [0.05, 0.1) is 91.9 Å². The third kappa shape index (κ3) is 13.7. The molecule has 2 aliphatic rings. The van der Waals surface area contributed by atoms with E-state index in [0.717, 1.165) is 25.7 Å². The Hall–Kier alpha value is -10.1. The fourth-order valence-electron chi connectivity index (χ4n) is 9.92. The Morgan fingerprint density at radius 3 is 1.62 bits per heavy atom. The first kappa shape index (κ1) is 63.4. The minimum Gasteiger partial charge on any atom is -0.494 e. The largest absolute Gasteiger partial charge is 0.494 e. The molecule has 2 unspecified atom stereocenters. The number of imidazole rings is 2. The number of aryl methyl sites for hydroxylation is 5. The van der Waals surface area contributed by atoms with Crippen LogP contribution in [0.3, 0.4) is 0 Å². The van der Waals surface area contributed by atoms with E-state index in [-0.39, 0.29) is 53.0 Å². The SMILES string of the molecule is C.COc1c(Nc2cc(Cl)nc3c2nc(C(F)F)n3C2CCCCO2)cccc1-c1nnn(C)n1.[C-]#[N+]c1nc(Cc2cc(Nc3cccc(-c4nnn(C)n4)c3OC)c3nc(C(F)F)n(C4CCCCO4)c3n2)cnc1C.[C-]#[N+]c1nc(N)c(C)nc1C. The van der Waals surface area contributed by atoms with Crippen molar-refractivity contribution < 1.29 is 36.5 Å². The number of nitrogens with zero attached hydrogens (tertiary/aromatic N) is 20. The minimum atomic E-state index is -2.86. The molecule has 462 valence electrons. The Kier molecular flexibility index (Phi) is 19.7. The van der Waals surface area contributed by atoms with Crippen molar-refractivity contribution in [2.45, 2.75) is 98.5 Å². The van der Waals surface area contributed by atoms with Gasteiger partial charge in [-0.2, -0.15) is 9.59 Å². The lowest BCUT2D eigenvalue weighted by molar-refractivity contribution is -0.0363. The van der Waals surface area contributed by atoms with Crippen molar-refractivity contribution in [3.63, 3.8) is 0 Å². The highest BCUT2D eigenvalue weighted by Gasteiger charge is 2.32. The Morgan fingerprint density at radius 2 is 1.16 bits per heavy atom. The third-order valence-electron chi connectivity index (χ3n) is 13.9. The fourth-order valence-corrected chi connectivity index (χ4v) is 10.1. The second-order valence-corrected chi connectivity index (χ2v) is 20.3. The van der Waals surface area contributed by atoms with E-state index >= 15 is 0 Å². The first-order valence-electron chi connectivity index (χ1n) is 27.3. The summed E-state index contributed by atoms with van der Waals surface area (Å²) in [6.45, 7) is 20.3. The first-order valence-corrected chi connectivity index (χ1v) is 27.7. The summed E-state index contributed by atoms with van der Waals surface area (Å²) in [4.78, 5) is 43.6. The molecule has 0 saturated carbocycles. The maximum absolute atomic E-state index is 14.4. The van der Waals surface area contributed by atoms with Gasteiger partial charge in [-0.3, -0.25) is 19.1 Å². The highest BCUT2D eigenvalue weighted by molar-refractivity contribution is 6.30. The molecule has 27 nitrogen and oxygen atoms in total. The zero-order valence-corrected chi connectivity index (χ0v) is 49.2. The van der Waals surface area contributed by atoms with E-state index in [9.17, 15) is 17.6 Å². The lowest BCUT2D eigenvalue weighted by Gasteiger charge is -2.25. The van der Waals surface area contributed by atoms with Crippen molar-refractivity contribution in [2.24, 2.45) is 14.1 Å². The molecular formula is C57H60ClF4N23O4. The number of halogens is 5. The van der Waals surface area contributed by atoms with Crippen molar-refractivity contribution in [1.82, 2.24) is 89.4 Å². The van der Waals surface area contributed by atoms with Crippen LogP contribution in [-0.2, 0) is 30.0 Å². The molecule has 2 saturated heterocycles. The van der Waals surface area contributed by atoms with Crippen molar-refractivity contribution in [1.29, 1.82) is 0 Å². The van der Waals surface area contributed by atoms with Crippen molar-refractivity contribution >= 4 is 74.1 Å². The number of methoxy groups -OCH3 is 2. The maximum atomic E-state index is 14.4. The molecule has 8 aromatic heterocycles. The van der Waals surface area contributed by atoms with Crippen LogP contribution in [0.4, 0.5) is 57.8 Å². The lowest BCUT2D eigenvalue weighted by Crippen LogP contribution is -2.20. The van der Waals surface area contributed by atoms with Gasteiger partial charge in [-0.1, -0.05) is 49.3 Å². The summed E-state index contributed by atoms with van der Waals surface area (Å²) in [6.07, 6.45) is -0.549. The summed E-state index contributed by atoms with van der Waals surface area (Å²) in [7, 11) is 6.35. The summed E-state index contributed by atoms with van der Waals surface area (Å²) in [5.41, 5.74) is 12.3. The van der Waals surface area contributed by atoms with Gasteiger partial charge in [0.15, 0.2) is 40.1 Å². The van der Waals surface area contributed by atoms with Gasteiger partial charge < -0.3 is 45.0 Å². The van der Waals surface area contributed by atoms with Gasteiger partial charge in [0.25, 0.3) is 24.5 Å². The predicted molar refractivity (Wildman–Crippen MR) is 321 cm³/mol. The van der Waals surface area contributed by atoms with E-state index in [1.807, 2.05) is 0 Å². The average Bonchev–Trinajstić information content (AvgIpc) is 1.70. The van der Waals surface area contributed by atoms with Crippen LogP contribution in [0.25, 0.3) is 54.8 Å². The van der Waals surface area contributed by atoms with Gasteiger partial charge in [0.1, 0.15) is 34.3 Å². The number of hydrogen-bond acceptors (Lipinski definition) is 21. The second-order valence-electron chi connectivity index (χ2n) is 19.9. The molecule has 4 N–H and O–H groups in total. The maximum Gasteiger partial charge on any atom is 0.295 e. The number of nitrogen functional groups attached to an aromatic ring is 1. The summed E-state index contributed by atoms with van der Waals surface area (Å²) >= 11 is 6.31. The fraction of sp³-hybridized carbons (Fsp3) is 0.368. The van der Waals surface area contributed by atoms with Crippen molar-refractivity contribution in [3.05, 3.63) is 123 Å². The molecule has 0 aliphatic carbocycles. The Balaban J connectivity index is 0.000000182. The molecule has 0 amide bonds. The molecule has 2 atom stereocenters. The lowest BCUT2D eigenvalue weighted by atomic mass is 10.1. The highest BCUT2D eigenvalue weighted by atomic mass is 35.5. The average molecular weight is 1240 g/mol. The monoisotopic (exact) mass is 1240 g/mol. The number of rotatable bonds is 14. The van der Waals surface area contributed by atoms with Crippen LogP contribution in [0.5, 0.6) is 11.5 Å². The van der Waals surface area contributed by atoms with E-state index in [1.54, 1.807) is 83.5 Å². The molecule has 2 fully saturated rings. The summed E-state index contributed by atoms with van der Waals surface area (Å²) in [6, 6.07) is 14.0. The van der Waals surface area contributed by atoms with Gasteiger partial charge in [0, 0.05) is 19.3 Å². The second kappa shape index (κ2) is 27.7. The molecule has 12 rings (SSSR count). The van der Waals surface area contributed by atoms with E-state index < -0.39 is 37.0 Å². The van der Waals surface area contributed by atoms with Gasteiger partial charge in [-0.05, 0) is 100 Å². The zero-order chi connectivity index (χ0) is 62.3. The number of nitrogens with one attached hydrogen (secondary N) is 2. The predicted octanol–water partition coefficient (Wildman–Crippen LogP) is 11.8. The standard InChI is InChI=1S/C28H27F2N11O2.C21H21ClF2N8O2.C7H8N4.CH4/c1-15-25(31-2)33-17(14-32-15)12-16-13-20(35-19-9-7-8-18(23(19)42-4)26-37-39-40(3)38-26)22-27(34-16)41(28(36-22)24(29)30)21-10-5-6-11-43-21;1-31-29-19(28-30-31)11-6-5-7-12(17(11)33-2)25-13-10-14(22)26-20-16(13)27-21(18(23)24)32(20)15-8-3-4-9-34-15;1-4-6(8)11-7(9-3)5(2)10-4;/h7-9,13-14,21,24H,5-6,10-12H2,1,3-4H3,(H,34,35);5-7,10,15,18H,3-4,8-9H2,1-2H3,(H,25,26);1-2H3,(H2,8,11);1H4. The minimum absolute atomic E-state index is 0. The summed E-state index contributed by atoms with van der Waals surface area (Å²) < 4.78 is 82.6. The first-order chi connectivity index (χ1) is 42.5. The molecule has 0 bridgehead atoms. The summed E-state index contributed by atoms with van der Waals surface area (Å²) in [5, 5.41) is 31.1. The number of ether oxygens (including phenoxy) is 4. The van der Waals surface area contributed by atoms with Crippen LogP contribution in [0, 0.1) is 33.9 Å². The van der Waals surface area contributed by atoms with E-state index in [0.29, 0.717) is 117 Å². The normalized spacial score (nSPS) is 14.7. The molecule has 0 spiro atoms. The molecule has 2 aliphatic heterocycles. The van der Waals surface area contributed by atoms with Crippen molar-refractivity contribution in [3.8, 4) is 34.3 Å². The third-order valence-corrected chi connectivity index (χ3v) is 14.1. The number of anilines is 5. The quantitative estimate of drug-likeness (QED) is 0.0518. The number of pyridine rings is 2. The molecule has 10 aromatic rings. The van der Waals surface area contributed by atoms with E-state index in [4.69, 9.17) is 54.4 Å². The van der Waals surface area contributed by atoms with Crippen LogP contribution in [0.15, 0.2) is 54.7 Å². The van der Waals surface area contributed by atoms with Gasteiger partial charge >= 0.3 is 0 Å². The Labute approximate surface area is 511 Å². The number of para-hydroxylation sites is 2.